The summed E-state index contributed by atoms with van der Waals surface area (Å²) in [5, 5.41) is 0. The summed E-state index contributed by atoms with van der Waals surface area (Å²) < 4.78 is 47.0. The molecule has 1 heterocycles. The van der Waals surface area contributed by atoms with Crippen LogP contribution >= 0.6 is 0 Å². The molecule has 1 aromatic carbocycles. The van der Waals surface area contributed by atoms with E-state index in [1.165, 1.54) is 6.07 Å². The monoisotopic (exact) mass is 272 g/mol. The molecule has 19 heavy (non-hydrogen) atoms. The van der Waals surface area contributed by atoms with Crippen LogP contribution in [0.2, 0.25) is 0 Å². The molecule has 0 aliphatic heterocycles. The molecule has 0 saturated carbocycles. The fourth-order valence-corrected chi connectivity index (χ4v) is 1.40. The van der Waals surface area contributed by atoms with Crippen LogP contribution in [-0.4, -0.2) is 0 Å². The second-order valence-corrected chi connectivity index (χ2v) is 3.88. The molecule has 0 unspecified atom stereocenters. The smallest absolute Gasteiger partial charge is 0.419 e. The molecule has 2 rings (SSSR count). The van der Waals surface area contributed by atoms with Gasteiger partial charge in [-0.3, -0.25) is 0 Å². The highest BCUT2D eigenvalue weighted by molar-refractivity contribution is 5.65. The van der Waals surface area contributed by atoms with Crippen LogP contribution in [-0.2, 0) is 12.8 Å². The number of alkyl halides is 3. The number of furan rings is 1. The van der Waals surface area contributed by atoms with Gasteiger partial charge < -0.3 is 20.6 Å². The van der Waals surface area contributed by atoms with E-state index in [0.29, 0.717) is 23.4 Å². The highest BCUT2D eigenvalue weighted by Crippen LogP contribution is 2.31. The minimum atomic E-state index is -4.42. The maximum Gasteiger partial charge on any atom is 0.419 e. The lowest BCUT2D eigenvalue weighted by Gasteiger charge is -2.06. The van der Waals surface area contributed by atoms with Crippen molar-refractivity contribution in [1.82, 2.24) is 0 Å². The van der Waals surface area contributed by atoms with Crippen molar-refractivity contribution in [3.8, 4) is 5.75 Å². The van der Waals surface area contributed by atoms with Gasteiger partial charge in [-0.1, -0.05) is 0 Å². The van der Waals surface area contributed by atoms with E-state index >= 15 is 0 Å². The van der Waals surface area contributed by atoms with Crippen molar-refractivity contribution in [2.75, 3.05) is 11.5 Å². The normalized spacial score (nSPS) is 11.5. The molecule has 0 atom stereocenters. The Hall–Kier alpha value is -2.31. The molecular weight excluding hydrogens is 261 g/mol. The Bertz CT molecular complexity index is 579. The Kier molecular flexibility index (Phi) is 3.28. The van der Waals surface area contributed by atoms with Crippen LogP contribution < -0.4 is 16.2 Å². The summed E-state index contributed by atoms with van der Waals surface area (Å²) in [6.45, 7) is -0.126. The summed E-state index contributed by atoms with van der Waals surface area (Å²) in [4.78, 5) is 0. The van der Waals surface area contributed by atoms with Gasteiger partial charge in [0.1, 0.15) is 24.4 Å². The third-order valence-electron chi connectivity index (χ3n) is 2.42. The molecule has 4 N–H and O–H groups in total. The Labute approximate surface area is 106 Å². The van der Waals surface area contributed by atoms with Crippen LogP contribution in [0.15, 0.2) is 34.9 Å². The predicted molar refractivity (Wildman–Crippen MR) is 63.3 cm³/mol. The van der Waals surface area contributed by atoms with Gasteiger partial charge in [0.2, 0.25) is 0 Å². The summed E-state index contributed by atoms with van der Waals surface area (Å²) >= 11 is 0. The molecule has 0 radical (unpaired) electrons. The van der Waals surface area contributed by atoms with Gasteiger partial charge in [-0.2, -0.15) is 13.2 Å². The van der Waals surface area contributed by atoms with Gasteiger partial charge in [0.15, 0.2) is 0 Å². The number of benzene rings is 1. The van der Waals surface area contributed by atoms with Gasteiger partial charge in [0, 0.05) is 6.07 Å². The molecule has 0 amide bonds. The van der Waals surface area contributed by atoms with Crippen LogP contribution in [0.25, 0.3) is 0 Å². The number of nitrogens with two attached hydrogens (primary N) is 2. The first kappa shape index (κ1) is 13.1. The molecule has 0 aliphatic carbocycles. The average molecular weight is 272 g/mol. The Morgan fingerprint density at radius 3 is 2.42 bits per heavy atom. The minimum Gasteiger partial charge on any atom is -0.486 e. The van der Waals surface area contributed by atoms with E-state index in [1.807, 2.05) is 0 Å². The van der Waals surface area contributed by atoms with Gasteiger partial charge >= 0.3 is 6.18 Å². The van der Waals surface area contributed by atoms with E-state index in [9.17, 15) is 13.2 Å². The van der Waals surface area contributed by atoms with Crippen LogP contribution in [0.5, 0.6) is 5.75 Å². The van der Waals surface area contributed by atoms with E-state index < -0.39 is 11.7 Å². The molecule has 102 valence electrons. The quantitative estimate of drug-likeness (QED) is 0.842. The lowest BCUT2D eigenvalue weighted by atomic mass is 10.2. The molecule has 0 aliphatic rings. The fraction of sp³-hybridized carbons (Fsp3) is 0.167. The first-order valence-electron chi connectivity index (χ1n) is 5.28. The summed E-state index contributed by atoms with van der Waals surface area (Å²) in [7, 11) is 0. The molecule has 1 aromatic heterocycles. The second kappa shape index (κ2) is 4.75. The van der Waals surface area contributed by atoms with Crippen molar-refractivity contribution >= 4 is 11.4 Å². The molecule has 0 spiro atoms. The van der Waals surface area contributed by atoms with Crippen molar-refractivity contribution in [2.24, 2.45) is 0 Å². The van der Waals surface area contributed by atoms with E-state index in [4.69, 9.17) is 20.6 Å². The van der Waals surface area contributed by atoms with E-state index in [0.717, 1.165) is 6.07 Å². The lowest BCUT2D eigenvalue weighted by molar-refractivity contribution is -0.137. The van der Waals surface area contributed by atoms with Crippen LogP contribution in [0.4, 0.5) is 24.5 Å². The number of anilines is 2. The molecule has 0 saturated heterocycles. The number of ether oxygens (including phenoxy) is 1. The SMILES string of the molecule is Nc1ccc(OCc2cc(C(F)(F)F)co2)cc1N. The highest BCUT2D eigenvalue weighted by atomic mass is 19.4. The molecule has 4 nitrogen and oxygen atoms in total. The zero-order valence-electron chi connectivity index (χ0n) is 9.70. The van der Waals surface area contributed by atoms with Gasteiger partial charge in [0.25, 0.3) is 0 Å². The van der Waals surface area contributed by atoms with E-state index in [-0.39, 0.29) is 12.4 Å². The van der Waals surface area contributed by atoms with Crippen molar-refractivity contribution in [3.05, 3.63) is 41.9 Å². The van der Waals surface area contributed by atoms with Gasteiger partial charge in [0.05, 0.1) is 16.9 Å². The summed E-state index contributed by atoms with van der Waals surface area (Å²) in [6.07, 6.45) is -3.77. The summed E-state index contributed by atoms with van der Waals surface area (Å²) in [6, 6.07) is 5.50. The second-order valence-electron chi connectivity index (χ2n) is 3.88. The Balaban J connectivity index is 2.02. The van der Waals surface area contributed by atoms with Crippen molar-refractivity contribution in [2.45, 2.75) is 12.8 Å². The number of hydrogen-bond donors (Lipinski definition) is 2. The molecule has 0 fully saturated rings. The first-order valence-corrected chi connectivity index (χ1v) is 5.28. The molecule has 2 aromatic rings. The molecule has 0 bridgehead atoms. The van der Waals surface area contributed by atoms with Crippen molar-refractivity contribution in [1.29, 1.82) is 0 Å². The van der Waals surface area contributed by atoms with Crippen molar-refractivity contribution in [3.63, 3.8) is 0 Å². The first-order chi connectivity index (χ1) is 8.86. The lowest BCUT2D eigenvalue weighted by Crippen LogP contribution is -2.02. The van der Waals surface area contributed by atoms with Gasteiger partial charge in [-0.05, 0) is 18.2 Å². The number of hydrogen-bond acceptors (Lipinski definition) is 4. The van der Waals surface area contributed by atoms with Gasteiger partial charge in [-0.25, -0.2) is 0 Å². The van der Waals surface area contributed by atoms with Crippen molar-refractivity contribution < 1.29 is 22.3 Å². The zero-order chi connectivity index (χ0) is 14.0. The standard InChI is InChI=1S/C12H11F3N2O2/c13-12(14,15)7-3-9(18-5-7)6-19-8-1-2-10(16)11(17)4-8/h1-5H,6,16-17H2. The number of halogens is 3. The maximum atomic E-state index is 12.3. The van der Waals surface area contributed by atoms with Crippen LogP contribution in [0.1, 0.15) is 11.3 Å². The predicted octanol–water partition coefficient (Wildman–Crippen LogP) is 3.04. The summed E-state index contributed by atoms with van der Waals surface area (Å²) in [5.41, 5.74) is 11.0. The largest absolute Gasteiger partial charge is 0.486 e. The Morgan fingerprint density at radius 2 is 1.84 bits per heavy atom. The highest BCUT2D eigenvalue weighted by Gasteiger charge is 2.32. The third kappa shape index (κ3) is 3.12. The zero-order valence-corrected chi connectivity index (χ0v) is 9.70. The number of nitrogen functional groups attached to an aromatic ring is 2. The summed E-state index contributed by atoms with van der Waals surface area (Å²) in [5.74, 6) is 0.472. The average Bonchev–Trinajstić information content (AvgIpc) is 2.79. The van der Waals surface area contributed by atoms with Crippen LogP contribution in [0.3, 0.4) is 0 Å². The maximum absolute atomic E-state index is 12.3. The van der Waals surface area contributed by atoms with E-state index in [1.54, 1.807) is 12.1 Å². The molecule has 7 heteroatoms. The minimum absolute atomic E-state index is 0.0720. The topological polar surface area (TPSA) is 74.4 Å². The Morgan fingerprint density at radius 1 is 1.11 bits per heavy atom. The third-order valence-corrected chi connectivity index (χ3v) is 2.42. The molecular formula is C12H11F3N2O2. The van der Waals surface area contributed by atoms with Crippen LogP contribution in [0, 0.1) is 0 Å². The fourth-order valence-electron chi connectivity index (χ4n) is 1.40. The number of rotatable bonds is 3. The van der Waals surface area contributed by atoms with Gasteiger partial charge in [-0.15, -0.1) is 0 Å². The van der Waals surface area contributed by atoms with E-state index in [2.05, 4.69) is 0 Å².